The van der Waals surface area contributed by atoms with Crippen LogP contribution in [0.4, 0.5) is 119 Å². The zero-order valence-electron chi connectivity index (χ0n) is 29.9. The smallest absolute Gasteiger partial charge is 0.207 e. The van der Waals surface area contributed by atoms with E-state index in [1.54, 1.807) is 0 Å². The average molecular weight is 1020 g/mol. The SMILES string of the molecule is Fc1c(F)c(F)c(Oc2c(F)c(F)c(P(c3c(F)c(F)c(Oc4c(F)c(F)c(F)c(F)c4F)c(F)c3F)c3c(F)c(F)c(Oc4c(F)c(F)c(F)c(F)c4F)c(F)c3F)c(F)c2F)c(F)c1F. The molecule has 67 heavy (non-hydrogen) atoms. The molecule has 0 saturated carbocycles. The van der Waals surface area contributed by atoms with E-state index in [9.17, 15) is 65.9 Å². The highest BCUT2D eigenvalue weighted by Gasteiger charge is 2.45. The number of benzene rings is 6. The largest absolute Gasteiger partial charge is 0.444 e. The molecule has 3 nitrogen and oxygen atoms in total. The lowest BCUT2D eigenvalue weighted by Gasteiger charge is -2.25. The van der Waals surface area contributed by atoms with Gasteiger partial charge in [-0.15, -0.1) is 0 Å². The zero-order valence-corrected chi connectivity index (χ0v) is 30.8. The third-order valence-corrected chi connectivity index (χ3v) is 10.9. The average Bonchev–Trinajstić information content (AvgIpc) is 3.30. The van der Waals surface area contributed by atoms with Crippen LogP contribution in [-0.2, 0) is 0 Å². The first-order chi connectivity index (χ1) is 31.0. The van der Waals surface area contributed by atoms with Gasteiger partial charge in [-0.05, 0) is 0 Å². The van der Waals surface area contributed by atoms with Gasteiger partial charge in [-0.2, -0.15) is 52.7 Å². The second-order valence-electron chi connectivity index (χ2n) is 12.1. The van der Waals surface area contributed by atoms with Crippen molar-refractivity contribution in [3.63, 3.8) is 0 Å². The van der Waals surface area contributed by atoms with Gasteiger partial charge in [0.05, 0.1) is 15.9 Å². The number of ether oxygens (including phenoxy) is 3. The molecule has 356 valence electrons. The fourth-order valence-corrected chi connectivity index (χ4v) is 7.76. The van der Waals surface area contributed by atoms with E-state index in [4.69, 9.17) is 0 Å². The maximum Gasteiger partial charge on any atom is 0.207 e. The van der Waals surface area contributed by atoms with Gasteiger partial charge in [-0.3, -0.25) is 0 Å². The van der Waals surface area contributed by atoms with Crippen molar-refractivity contribution in [1.82, 2.24) is 0 Å². The van der Waals surface area contributed by atoms with Crippen molar-refractivity contribution in [3.8, 4) is 34.5 Å². The van der Waals surface area contributed by atoms with Gasteiger partial charge in [0.15, 0.2) is 34.9 Å². The van der Waals surface area contributed by atoms with Crippen molar-refractivity contribution in [1.29, 1.82) is 0 Å². The molecular formula is C36F27O3P. The highest BCUT2D eigenvalue weighted by Crippen LogP contribution is 2.48. The van der Waals surface area contributed by atoms with Crippen LogP contribution in [0.15, 0.2) is 0 Å². The first-order valence-corrected chi connectivity index (χ1v) is 17.3. The maximum absolute atomic E-state index is 16.0. The fraction of sp³-hybridized carbons (Fsp3) is 0. The van der Waals surface area contributed by atoms with Crippen LogP contribution in [0.25, 0.3) is 0 Å². The minimum Gasteiger partial charge on any atom is -0.444 e. The van der Waals surface area contributed by atoms with E-state index in [0.29, 0.717) is 0 Å². The summed E-state index contributed by atoms with van der Waals surface area (Å²) in [7, 11) is -5.77. The molecule has 0 fully saturated rings. The summed E-state index contributed by atoms with van der Waals surface area (Å²) in [6.07, 6.45) is 0. The zero-order chi connectivity index (χ0) is 50.5. The first-order valence-electron chi connectivity index (χ1n) is 16.0. The Hall–Kier alpha value is -6.74. The van der Waals surface area contributed by atoms with E-state index in [2.05, 4.69) is 14.2 Å². The summed E-state index contributed by atoms with van der Waals surface area (Å²) in [6, 6.07) is 0. The molecule has 0 heterocycles. The van der Waals surface area contributed by atoms with E-state index in [-0.39, 0.29) is 0 Å². The first kappa shape index (κ1) is 49.7. The molecule has 0 N–H and O–H groups in total. The standard InChI is InChI=1S/C36F27O3P/c37-1-4(40)10(46)28(11(47)5(1)41)64-31-16(52)22(58)34(23(59)17(31)53)67(35-24(60)18(54)32(19(55)25(35)61)65-29-12(48)6(42)2(38)7(43)13(29)49)36-26(62)20(56)33(21(57)27(36)63)66-30-14(50)8(44)3(39)9(45)15(30)51. The van der Waals surface area contributed by atoms with Crippen molar-refractivity contribution >= 4 is 23.8 Å². The monoisotopic (exact) mass is 1020 g/mol. The van der Waals surface area contributed by atoms with E-state index >= 15 is 52.7 Å². The van der Waals surface area contributed by atoms with Crippen LogP contribution >= 0.6 is 7.92 Å². The van der Waals surface area contributed by atoms with Gasteiger partial charge in [-0.1, -0.05) is 0 Å². The van der Waals surface area contributed by atoms with E-state index in [0.717, 1.165) is 0 Å². The minimum absolute atomic E-state index is 2.83. The Bertz CT molecular complexity index is 2650. The lowest BCUT2D eigenvalue weighted by Crippen LogP contribution is -2.35. The molecule has 0 aliphatic rings. The molecule has 0 aliphatic heterocycles. The summed E-state index contributed by atoms with van der Waals surface area (Å²) < 4.78 is 409. The van der Waals surface area contributed by atoms with Crippen LogP contribution in [0.1, 0.15) is 0 Å². The number of halogens is 27. The number of hydrogen-bond donors (Lipinski definition) is 0. The Morgan fingerprint density at radius 2 is 0.254 bits per heavy atom. The van der Waals surface area contributed by atoms with Crippen molar-refractivity contribution < 1.29 is 133 Å². The quantitative estimate of drug-likeness (QED) is 0.0625. The Labute approximate surface area is 348 Å². The molecule has 0 radical (unpaired) electrons. The molecule has 6 aromatic carbocycles. The van der Waals surface area contributed by atoms with Gasteiger partial charge in [0, 0.05) is 7.92 Å². The fourth-order valence-electron chi connectivity index (χ4n) is 5.32. The molecule has 0 aliphatic carbocycles. The van der Waals surface area contributed by atoms with Crippen molar-refractivity contribution in [2.24, 2.45) is 0 Å². The van der Waals surface area contributed by atoms with E-state index in [1.165, 1.54) is 0 Å². The lowest BCUT2D eigenvalue weighted by atomic mass is 10.2. The Balaban J connectivity index is 1.70. The molecule has 0 bridgehead atoms. The van der Waals surface area contributed by atoms with Crippen molar-refractivity contribution in [3.05, 3.63) is 157 Å². The van der Waals surface area contributed by atoms with Crippen LogP contribution in [0.3, 0.4) is 0 Å². The molecule has 0 spiro atoms. The lowest BCUT2D eigenvalue weighted by molar-refractivity contribution is 0.309. The highest BCUT2D eigenvalue weighted by atomic mass is 31.1. The van der Waals surface area contributed by atoms with E-state index < -0.39 is 215 Å². The predicted octanol–water partition coefficient (Wildman–Crippen LogP) is 12.6. The molecule has 0 unspecified atom stereocenters. The Kier molecular flexibility index (Phi) is 13.0. The summed E-state index contributed by atoms with van der Waals surface area (Å²) in [5.41, 5.74) is 0. The van der Waals surface area contributed by atoms with Crippen LogP contribution in [0.5, 0.6) is 34.5 Å². The third-order valence-electron chi connectivity index (χ3n) is 8.39. The Morgan fingerprint density at radius 1 is 0.149 bits per heavy atom. The topological polar surface area (TPSA) is 27.7 Å². The Morgan fingerprint density at radius 3 is 0.388 bits per heavy atom. The molecular weight excluding hydrogens is 1020 g/mol. The van der Waals surface area contributed by atoms with Gasteiger partial charge in [0.1, 0.15) is 0 Å². The molecule has 0 atom stereocenters. The maximum atomic E-state index is 16.0. The molecule has 0 aromatic heterocycles. The summed E-state index contributed by atoms with van der Waals surface area (Å²) in [5, 5.41) is -9.65. The van der Waals surface area contributed by atoms with Gasteiger partial charge >= 0.3 is 0 Å². The molecule has 0 amide bonds. The summed E-state index contributed by atoms with van der Waals surface area (Å²) in [5.74, 6) is -106. The molecule has 31 heteroatoms. The molecule has 6 rings (SSSR count). The van der Waals surface area contributed by atoms with Gasteiger partial charge < -0.3 is 14.2 Å². The van der Waals surface area contributed by atoms with Crippen molar-refractivity contribution in [2.45, 2.75) is 0 Å². The second-order valence-corrected chi connectivity index (χ2v) is 14.2. The normalized spacial score (nSPS) is 11.6. The molecule has 0 saturated heterocycles. The van der Waals surface area contributed by atoms with Crippen LogP contribution in [0.2, 0.25) is 0 Å². The van der Waals surface area contributed by atoms with E-state index in [1.807, 2.05) is 0 Å². The van der Waals surface area contributed by atoms with Gasteiger partial charge in [0.2, 0.25) is 157 Å². The molecule has 6 aromatic rings. The van der Waals surface area contributed by atoms with Crippen molar-refractivity contribution in [2.75, 3.05) is 0 Å². The summed E-state index contributed by atoms with van der Waals surface area (Å²) in [6.45, 7) is 0. The third kappa shape index (κ3) is 7.47. The minimum atomic E-state index is -5.77. The highest BCUT2D eigenvalue weighted by molar-refractivity contribution is 7.79. The summed E-state index contributed by atoms with van der Waals surface area (Å²) in [4.78, 5) is 0. The van der Waals surface area contributed by atoms with Gasteiger partial charge in [-0.25, -0.2) is 65.9 Å². The van der Waals surface area contributed by atoms with Gasteiger partial charge in [0.25, 0.3) is 0 Å². The predicted molar refractivity (Wildman–Crippen MR) is 164 cm³/mol. The number of hydrogen-bond acceptors (Lipinski definition) is 3. The van der Waals surface area contributed by atoms with Crippen LogP contribution in [0, 0.1) is 157 Å². The second kappa shape index (κ2) is 17.5. The van der Waals surface area contributed by atoms with Crippen LogP contribution < -0.4 is 30.1 Å². The summed E-state index contributed by atoms with van der Waals surface area (Å²) >= 11 is 0. The number of rotatable bonds is 9. The van der Waals surface area contributed by atoms with Crippen LogP contribution in [-0.4, -0.2) is 0 Å².